The van der Waals surface area contributed by atoms with Crippen LogP contribution in [0.5, 0.6) is 0 Å². The van der Waals surface area contributed by atoms with Crippen molar-refractivity contribution < 1.29 is 0 Å². The molecule has 0 aromatic carbocycles. The molecule has 7 heteroatoms. The number of fused-ring (bicyclic) bond motifs is 1. The van der Waals surface area contributed by atoms with Crippen LogP contribution >= 0.6 is 11.5 Å². The summed E-state index contributed by atoms with van der Waals surface area (Å²) in [6.07, 6.45) is 7.46. The largest absolute Gasteiger partial charge is 0.382 e. The van der Waals surface area contributed by atoms with Crippen LogP contribution in [0.25, 0.3) is 11.1 Å². The molecule has 3 aromatic rings. The van der Waals surface area contributed by atoms with E-state index in [2.05, 4.69) is 23.8 Å². The Morgan fingerprint density at radius 3 is 3.05 bits per heavy atom. The fourth-order valence-electron chi connectivity index (χ4n) is 2.64. The Bertz CT molecular complexity index is 763. The van der Waals surface area contributed by atoms with E-state index in [4.69, 9.17) is 5.73 Å². The molecule has 0 saturated heterocycles. The smallest absolute Gasteiger partial charge is 0.147 e. The van der Waals surface area contributed by atoms with Crippen LogP contribution in [0.1, 0.15) is 5.82 Å². The third kappa shape index (κ3) is 2.06. The zero-order valence-corrected chi connectivity index (χ0v) is 12.1. The molecule has 1 aliphatic heterocycles. The lowest BCUT2D eigenvalue weighted by Gasteiger charge is -2.28. The van der Waals surface area contributed by atoms with Crippen molar-refractivity contribution in [2.45, 2.75) is 13.1 Å². The molecule has 0 aliphatic carbocycles. The summed E-state index contributed by atoms with van der Waals surface area (Å²) >= 11 is 1.44. The van der Waals surface area contributed by atoms with Crippen molar-refractivity contribution in [2.24, 2.45) is 0 Å². The van der Waals surface area contributed by atoms with Gasteiger partial charge in [-0.25, -0.2) is 4.98 Å². The first-order valence-corrected chi connectivity index (χ1v) is 7.51. The maximum Gasteiger partial charge on any atom is 0.147 e. The zero-order valence-electron chi connectivity index (χ0n) is 11.3. The first kappa shape index (κ1) is 12.3. The van der Waals surface area contributed by atoms with E-state index in [0.717, 1.165) is 41.6 Å². The number of imidazole rings is 1. The predicted molar refractivity (Wildman–Crippen MR) is 83.0 cm³/mol. The van der Waals surface area contributed by atoms with Gasteiger partial charge in [0, 0.05) is 43.4 Å². The van der Waals surface area contributed by atoms with Crippen molar-refractivity contribution in [2.75, 3.05) is 17.2 Å². The Morgan fingerprint density at radius 1 is 1.24 bits per heavy atom. The molecule has 4 heterocycles. The van der Waals surface area contributed by atoms with E-state index in [1.165, 1.54) is 11.5 Å². The number of pyridine rings is 1. The molecule has 0 bridgehead atoms. The number of rotatable bonds is 2. The van der Waals surface area contributed by atoms with Crippen LogP contribution in [0.4, 0.5) is 10.8 Å². The summed E-state index contributed by atoms with van der Waals surface area (Å²) in [4.78, 5) is 10.9. The molecule has 0 amide bonds. The minimum Gasteiger partial charge on any atom is -0.382 e. The molecule has 0 fully saturated rings. The average Bonchev–Trinajstić information content (AvgIpc) is 3.13. The van der Waals surface area contributed by atoms with Crippen molar-refractivity contribution >= 4 is 22.4 Å². The van der Waals surface area contributed by atoms with Gasteiger partial charge < -0.3 is 15.2 Å². The maximum atomic E-state index is 6.08. The van der Waals surface area contributed by atoms with E-state index < -0.39 is 0 Å². The van der Waals surface area contributed by atoms with Gasteiger partial charge >= 0.3 is 0 Å². The summed E-state index contributed by atoms with van der Waals surface area (Å²) in [5.74, 6) is 1.64. The highest BCUT2D eigenvalue weighted by Crippen LogP contribution is 2.39. The Labute approximate surface area is 126 Å². The molecular formula is C14H14N6S. The second kappa shape index (κ2) is 4.85. The number of anilines is 2. The molecule has 106 valence electrons. The molecule has 1 aliphatic rings. The lowest BCUT2D eigenvalue weighted by atomic mass is 10.1. The highest BCUT2D eigenvalue weighted by atomic mass is 32.1. The third-order valence-electron chi connectivity index (χ3n) is 3.68. The second-order valence-electron chi connectivity index (χ2n) is 4.95. The summed E-state index contributed by atoms with van der Waals surface area (Å²) in [5.41, 5.74) is 8.07. The third-order valence-corrected chi connectivity index (χ3v) is 4.61. The molecule has 6 nitrogen and oxygen atoms in total. The van der Waals surface area contributed by atoms with Gasteiger partial charge in [-0.2, -0.15) is 4.37 Å². The number of nitrogens with two attached hydrogens (primary N) is 1. The van der Waals surface area contributed by atoms with Gasteiger partial charge in [-0.15, -0.1) is 0 Å². The zero-order chi connectivity index (χ0) is 14.2. The number of aromatic nitrogens is 4. The molecule has 0 saturated carbocycles. The van der Waals surface area contributed by atoms with E-state index in [-0.39, 0.29) is 0 Å². The lowest BCUT2D eigenvalue weighted by molar-refractivity contribution is 0.563. The minimum absolute atomic E-state index is 0.567. The van der Waals surface area contributed by atoms with Crippen LogP contribution in [0.15, 0.2) is 36.9 Å². The van der Waals surface area contributed by atoms with Crippen molar-refractivity contribution in [1.82, 2.24) is 18.9 Å². The van der Waals surface area contributed by atoms with Crippen LogP contribution < -0.4 is 10.6 Å². The number of hydrogen-bond acceptors (Lipinski definition) is 6. The molecule has 2 N–H and O–H groups in total. The van der Waals surface area contributed by atoms with Gasteiger partial charge in [0.2, 0.25) is 0 Å². The number of nitrogen functional groups attached to an aromatic ring is 1. The maximum absolute atomic E-state index is 6.08. The summed E-state index contributed by atoms with van der Waals surface area (Å²) in [5, 5.41) is 1.09. The quantitative estimate of drug-likeness (QED) is 0.783. The normalized spacial score (nSPS) is 14.2. The van der Waals surface area contributed by atoms with E-state index in [1.54, 1.807) is 6.20 Å². The average molecular weight is 298 g/mol. The molecule has 21 heavy (non-hydrogen) atoms. The van der Waals surface area contributed by atoms with Crippen LogP contribution in [-0.4, -0.2) is 25.5 Å². The Morgan fingerprint density at radius 2 is 2.19 bits per heavy atom. The van der Waals surface area contributed by atoms with Crippen molar-refractivity contribution in [3.05, 3.63) is 42.7 Å². The van der Waals surface area contributed by atoms with E-state index in [0.29, 0.717) is 5.82 Å². The molecule has 0 atom stereocenters. The summed E-state index contributed by atoms with van der Waals surface area (Å²) < 4.78 is 6.52. The first-order chi connectivity index (χ1) is 10.3. The van der Waals surface area contributed by atoms with Gasteiger partial charge in [0.1, 0.15) is 16.6 Å². The highest BCUT2D eigenvalue weighted by molar-refractivity contribution is 7.11. The first-order valence-electron chi connectivity index (χ1n) is 6.73. The van der Waals surface area contributed by atoms with Crippen LogP contribution in [0, 0.1) is 0 Å². The summed E-state index contributed by atoms with van der Waals surface area (Å²) in [6, 6.07) is 3.93. The van der Waals surface area contributed by atoms with Crippen molar-refractivity contribution in [3.63, 3.8) is 0 Å². The second-order valence-corrected chi connectivity index (χ2v) is 5.70. The van der Waals surface area contributed by atoms with E-state index in [9.17, 15) is 0 Å². The Balaban J connectivity index is 1.74. The fourth-order valence-corrected chi connectivity index (χ4v) is 3.50. The molecule has 4 rings (SSSR count). The van der Waals surface area contributed by atoms with E-state index >= 15 is 0 Å². The topological polar surface area (TPSA) is 72.9 Å². The fraction of sp³-hybridized carbons (Fsp3) is 0.214. The SMILES string of the molecule is Nc1nsc(N2CCn3ccnc3C2)c1-c1cccnc1. The van der Waals surface area contributed by atoms with Crippen molar-refractivity contribution in [1.29, 1.82) is 0 Å². The summed E-state index contributed by atoms with van der Waals surface area (Å²) in [7, 11) is 0. The highest BCUT2D eigenvalue weighted by Gasteiger charge is 2.23. The van der Waals surface area contributed by atoms with Crippen molar-refractivity contribution in [3.8, 4) is 11.1 Å². The van der Waals surface area contributed by atoms with Crippen LogP contribution in [0.2, 0.25) is 0 Å². The monoisotopic (exact) mass is 298 g/mol. The molecule has 0 spiro atoms. The van der Waals surface area contributed by atoms with Gasteiger partial charge in [0.05, 0.1) is 12.1 Å². The predicted octanol–water partition coefficient (Wildman–Crippen LogP) is 2.00. The van der Waals surface area contributed by atoms with E-state index in [1.807, 2.05) is 30.7 Å². The van der Waals surface area contributed by atoms with Gasteiger partial charge in [-0.3, -0.25) is 4.98 Å². The minimum atomic E-state index is 0.567. The van der Waals surface area contributed by atoms with Gasteiger partial charge in [-0.1, -0.05) is 6.07 Å². The molecule has 0 radical (unpaired) electrons. The Kier molecular flexibility index (Phi) is 2.85. The lowest BCUT2D eigenvalue weighted by Crippen LogP contribution is -2.33. The number of hydrogen-bond donors (Lipinski definition) is 1. The van der Waals surface area contributed by atoms with Gasteiger partial charge in [-0.05, 0) is 17.6 Å². The molecular weight excluding hydrogens is 284 g/mol. The summed E-state index contributed by atoms with van der Waals surface area (Å²) in [6.45, 7) is 2.64. The van der Waals surface area contributed by atoms with Crippen LogP contribution in [0.3, 0.4) is 0 Å². The number of nitrogens with zero attached hydrogens (tertiary/aromatic N) is 5. The van der Waals surface area contributed by atoms with Gasteiger partial charge in [0.15, 0.2) is 0 Å². The molecule has 3 aromatic heterocycles. The standard InChI is InChI=1S/C14H14N6S/c15-13-12(10-2-1-3-16-8-10)14(21-18-13)20-7-6-19-5-4-17-11(19)9-20/h1-5,8H,6-7,9H2,(H2,15,18). The molecule has 0 unspecified atom stereocenters. The Hall–Kier alpha value is -2.41. The van der Waals surface area contributed by atoms with Crippen LogP contribution in [-0.2, 0) is 13.1 Å². The van der Waals surface area contributed by atoms with Gasteiger partial charge in [0.25, 0.3) is 0 Å².